The molecule has 3 N–H and O–H groups in total. The van der Waals surface area contributed by atoms with Crippen LogP contribution < -0.4 is 5.32 Å². The Labute approximate surface area is 108 Å². The van der Waals surface area contributed by atoms with E-state index in [0.29, 0.717) is 10.5 Å². The Balaban J connectivity index is 2.29. The molecule has 1 atom stereocenters. The maximum atomic E-state index is 11.8. The lowest BCUT2D eigenvalue weighted by Gasteiger charge is -2.07. The van der Waals surface area contributed by atoms with Gasteiger partial charge in [-0.25, -0.2) is 0 Å². The number of amides is 1. The topological polar surface area (TPSA) is 82.2 Å². The van der Waals surface area contributed by atoms with E-state index in [2.05, 4.69) is 10.3 Å². The van der Waals surface area contributed by atoms with Crippen LogP contribution >= 0.6 is 11.6 Å². The lowest BCUT2D eigenvalue weighted by atomic mass is 10.2. The van der Waals surface area contributed by atoms with Gasteiger partial charge in [0.2, 0.25) is 0 Å². The van der Waals surface area contributed by atoms with Crippen molar-refractivity contribution in [1.29, 1.82) is 0 Å². The number of hydrogen-bond donors (Lipinski definition) is 3. The van der Waals surface area contributed by atoms with Gasteiger partial charge in [0.05, 0.1) is 10.5 Å². The molecule has 2 rings (SSSR count). The molecule has 0 spiro atoms. The molecule has 0 aliphatic carbocycles. The van der Waals surface area contributed by atoms with Gasteiger partial charge in [-0.15, -0.1) is 0 Å². The predicted octanol–water partition coefficient (Wildman–Crippen LogP) is 2.02. The number of carboxylic acid groups (broad SMARTS) is 1. The van der Waals surface area contributed by atoms with Crippen molar-refractivity contribution in [2.24, 2.45) is 0 Å². The van der Waals surface area contributed by atoms with Crippen molar-refractivity contribution in [2.45, 2.75) is 13.0 Å². The molecular formula is C12H11ClN2O3. The number of aromatic nitrogens is 1. The Bertz CT molecular complexity index is 621. The molecule has 0 saturated heterocycles. The van der Waals surface area contributed by atoms with Crippen LogP contribution in [0.15, 0.2) is 24.3 Å². The van der Waals surface area contributed by atoms with Gasteiger partial charge in [-0.2, -0.15) is 0 Å². The summed E-state index contributed by atoms with van der Waals surface area (Å²) < 4.78 is 0. The number of carbonyl (C=O) groups is 2. The summed E-state index contributed by atoms with van der Waals surface area (Å²) in [6.45, 7) is 1.40. The third-order valence-corrected chi connectivity index (χ3v) is 2.88. The number of benzene rings is 1. The molecular weight excluding hydrogens is 256 g/mol. The minimum Gasteiger partial charge on any atom is -0.480 e. The van der Waals surface area contributed by atoms with E-state index in [1.807, 2.05) is 6.07 Å². The number of carboxylic acids is 1. The number of halogens is 1. The van der Waals surface area contributed by atoms with E-state index < -0.39 is 17.9 Å². The summed E-state index contributed by atoms with van der Waals surface area (Å²) in [5, 5.41) is 12.4. The van der Waals surface area contributed by atoms with Crippen LogP contribution in [0.25, 0.3) is 10.9 Å². The first-order chi connectivity index (χ1) is 8.49. The number of para-hydroxylation sites is 1. The van der Waals surface area contributed by atoms with E-state index in [0.717, 1.165) is 5.39 Å². The molecule has 0 aliphatic heterocycles. The molecule has 5 nitrogen and oxygen atoms in total. The highest BCUT2D eigenvalue weighted by Gasteiger charge is 2.17. The van der Waals surface area contributed by atoms with Crippen LogP contribution in [0.1, 0.15) is 17.4 Å². The fourth-order valence-corrected chi connectivity index (χ4v) is 1.81. The van der Waals surface area contributed by atoms with Crippen LogP contribution in [0.5, 0.6) is 0 Å². The summed E-state index contributed by atoms with van der Waals surface area (Å²) >= 11 is 5.97. The van der Waals surface area contributed by atoms with Gasteiger partial charge in [0.15, 0.2) is 0 Å². The summed E-state index contributed by atoms with van der Waals surface area (Å²) in [7, 11) is 0. The molecule has 0 saturated carbocycles. The zero-order valence-electron chi connectivity index (χ0n) is 9.53. The van der Waals surface area contributed by atoms with Crippen LogP contribution in [-0.2, 0) is 4.79 Å². The van der Waals surface area contributed by atoms with Crippen LogP contribution in [-0.4, -0.2) is 28.0 Å². The maximum Gasteiger partial charge on any atom is 0.325 e. The molecule has 1 heterocycles. The van der Waals surface area contributed by atoms with Gasteiger partial charge in [0.1, 0.15) is 11.7 Å². The third kappa shape index (κ3) is 2.31. The summed E-state index contributed by atoms with van der Waals surface area (Å²) in [5.74, 6) is -1.56. The van der Waals surface area contributed by atoms with E-state index >= 15 is 0 Å². The Morgan fingerprint density at radius 3 is 2.78 bits per heavy atom. The molecule has 0 unspecified atom stereocenters. The molecule has 1 aromatic carbocycles. The first-order valence-corrected chi connectivity index (χ1v) is 5.67. The van der Waals surface area contributed by atoms with Gasteiger partial charge < -0.3 is 15.4 Å². The summed E-state index contributed by atoms with van der Waals surface area (Å²) in [5.41, 5.74) is 0.943. The van der Waals surface area contributed by atoms with E-state index in [-0.39, 0.29) is 5.69 Å². The second kappa shape index (κ2) is 4.70. The average Bonchev–Trinajstić information content (AvgIpc) is 2.74. The first kappa shape index (κ1) is 12.4. The largest absolute Gasteiger partial charge is 0.480 e. The standard InChI is InChI=1S/C12H11ClN2O3/c1-6(12(17)18)14-11(16)9-5-7-3-2-4-8(13)10(7)15-9/h2-6,15H,1H3,(H,14,16)(H,17,18)/t6-/m0/s1. The van der Waals surface area contributed by atoms with Gasteiger partial charge in [-0.1, -0.05) is 23.7 Å². The Kier molecular flexibility index (Phi) is 3.25. The van der Waals surface area contributed by atoms with Gasteiger partial charge in [-0.05, 0) is 19.1 Å². The van der Waals surface area contributed by atoms with Crippen molar-refractivity contribution >= 4 is 34.4 Å². The summed E-state index contributed by atoms with van der Waals surface area (Å²) in [4.78, 5) is 25.3. The Morgan fingerprint density at radius 2 is 2.17 bits per heavy atom. The van der Waals surface area contributed by atoms with E-state index in [9.17, 15) is 9.59 Å². The highest BCUT2D eigenvalue weighted by atomic mass is 35.5. The lowest BCUT2D eigenvalue weighted by molar-refractivity contribution is -0.138. The van der Waals surface area contributed by atoms with Crippen molar-refractivity contribution in [3.63, 3.8) is 0 Å². The smallest absolute Gasteiger partial charge is 0.325 e. The van der Waals surface area contributed by atoms with Crippen LogP contribution in [0.2, 0.25) is 5.02 Å². The van der Waals surface area contributed by atoms with Crippen molar-refractivity contribution in [2.75, 3.05) is 0 Å². The Hall–Kier alpha value is -2.01. The number of carbonyl (C=O) groups excluding carboxylic acids is 1. The number of fused-ring (bicyclic) bond motifs is 1. The molecule has 2 aromatic rings. The number of nitrogens with one attached hydrogen (secondary N) is 2. The van der Waals surface area contributed by atoms with Crippen molar-refractivity contribution in [3.8, 4) is 0 Å². The van der Waals surface area contributed by atoms with Gasteiger partial charge in [0.25, 0.3) is 5.91 Å². The minimum atomic E-state index is -1.09. The predicted molar refractivity (Wildman–Crippen MR) is 67.9 cm³/mol. The molecule has 0 bridgehead atoms. The quantitative estimate of drug-likeness (QED) is 0.795. The number of rotatable bonds is 3. The molecule has 94 valence electrons. The van der Waals surface area contributed by atoms with E-state index in [1.54, 1.807) is 18.2 Å². The molecule has 0 fully saturated rings. The zero-order chi connectivity index (χ0) is 13.3. The fraction of sp³-hybridized carbons (Fsp3) is 0.167. The van der Waals surface area contributed by atoms with Gasteiger partial charge >= 0.3 is 5.97 Å². The number of aromatic amines is 1. The highest BCUT2D eigenvalue weighted by Crippen LogP contribution is 2.23. The van der Waals surface area contributed by atoms with E-state index in [1.165, 1.54) is 6.92 Å². The SMILES string of the molecule is C[C@H](NC(=O)c1cc2cccc(Cl)c2[nH]1)C(=O)O. The third-order valence-electron chi connectivity index (χ3n) is 2.57. The summed E-state index contributed by atoms with van der Waals surface area (Å²) in [6, 6.07) is 5.99. The van der Waals surface area contributed by atoms with Crippen LogP contribution in [0.3, 0.4) is 0 Å². The lowest BCUT2D eigenvalue weighted by Crippen LogP contribution is -2.38. The van der Waals surface area contributed by atoms with Crippen LogP contribution in [0, 0.1) is 0 Å². The minimum absolute atomic E-state index is 0.284. The molecule has 18 heavy (non-hydrogen) atoms. The van der Waals surface area contributed by atoms with Crippen LogP contribution in [0.4, 0.5) is 0 Å². The highest BCUT2D eigenvalue weighted by molar-refractivity contribution is 6.35. The first-order valence-electron chi connectivity index (χ1n) is 5.30. The van der Waals surface area contributed by atoms with E-state index in [4.69, 9.17) is 16.7 Å². The number of H-pyrrole nitrogens is 1. The molecule has 1 aromatic heterocycles. The van der Waals surface area contributed by atoms with Gasteiger partial charge in [0, 0.05) is 5.39 Å². The molecule has 1 amide bonds. The fourth-order valence-electron chi connectivity index (χ4n) is 1.58. The Morgan fingerprint density at radius 1 is 1.44 bits per heavy atom. The maximum absolute atomic E-state index is 11.8. The van der Waals surface area contributed by atoms with Crippen molar-refractivity contribution < 1.29 is 14.7 Å². The summed E-state index contributed by atoms with van der Waals surface area (Å²) in [6.07, 6.45) is 0. The van der Waals surface area contributed by atoms with Crippen molar-refractivity contribution in [3.05, 3.63) is 35.0 Å². The second-order valence-electron chi connectivity index (χ2n) is 3.92. The molecule has 0 aliphatic rings. The van der Waals surface area contributed by atoms with Crippen molar-refractivity contribution in [1.82, 2.24) is 10.3 Å². The molecule has 6 heteroatoms. The zero-order valence-corrected chi connectivity index (χ0v) is 10.3. The second-order valence-corrected chi connectivity index (χ2v) is 4.33. The van der Waals surface area contributed by atoms with Gasteiger partial charge in [-0.3, -0.25) is 9.59 Å². The molecule has 0 radical (unpaired) electrons. The number of hydrogen-bond acceptors (Lipinski definition) is 2. The average molecular weight is 267 g/mol. The number of aliphatic carboxylic acids is 1. The normalized spacial score (nSPS) is 12.3. The monoisotopic (exact) mass is 266 g/mol.